The normalized spacial score (nSPS) is 16.2. The molecule has 1 amide bonds. The average molecular weight is 573 g/mol. The van der Waals surface area contributed by atoms with Crippen LogP contribution in [0.1, 0.15) is 43.7 Å². The third-order valence-electron chi connectivity index (χ3n) is 6.62. The third kappa shape index (κ3) is 5.33. The molecule has 1 atom stereocenters. The summed E-state index contributed by atoms with van der Waals surface area (Å²) >= 11 is 0.839. The molecular formula is C31H25FN2O6S. The number of Topliss-reactive ketones (excluding diaryl/α,β-unsaturated/α-hetero) is 1. The van der Waals surface area contributed by atoms with Crippen molar-refractivity contribution in [3.05, 3.63) is 117 Å². The molecule has 41 heavy (non-hydrogen) atoms. The fourth-order valence-electron chi connectivity index (χ4n) is 4.62. The van der Waals surface area contributed by atoms with E-state index in [1.54, 1.807) is 37.3 Å². The number of aromatic nitrogens is 1. The molecule has 1 N–H and O–H groups in total. The van der Waals surface area contributed by atoms with Gasteiger partial charge < -0.3 is 14.6 Å². The van der Waals surface area contributed by atoms with Crippen LogP contribution in [0, 0.1) is 19.7 Å². The number of nitrogens with zero attached hydrogens (tertiary/aromatic N) is 2. The molecule has 0 bridgehead atoms. The predicted octanol–water partition coefficient (Wildman–Crippen LogP) is 5.89. The van der Waals surface area contributed by atoms with Gasteiger partial charge in [0.15, 0.2) is 5.13 Å². The first-order valence-electron chi connectivity index (χ1n) is 12.6. The van der Waals surface area contributed by atoms with E-state index in [2.05, 4.69) is 4.98 Å². The van der Waals surface area contributed by atoms with Gasteiger partial charge in [0.2, 0.25) is 0 Å². The highest BCUT2D eigenvalue weighted by Gasteiger charge is 2.49. The fourth-order valence-corrected chi connectivity index (χ4v) is 5.63. The van der Waals surface area contributed by atoms with E-state index in [0.717, 1.165) is 27.4 Å². The Morgan fingerprint density at radius 3 is 2.46 bits per heavy atom. The number of aliphatic hydroxyl groups is 1. The van der Waals surface area contributed by atoms with E-state index in [4.69, 9.17) is 9.47 Å². The second-order valence-corrected chi connectivity index (χ2v) is 10.4. The molecule has 0 aliphatic carbocycles. The number of carbonyl (C=O) groups is 3. The lowest BCUT2D eigenvalue weighted by atomic mass is 9.95. The van der Waals surface area contributed by atoms with Gasteiger partial charge in [0.05, 0.1) is 18.4 Å². The number of esters is 1. The van der Waals surface area contributed by atoms with Gasteiger partial charge in [-0.3, -0.25) is 14.5 Å². The number of methoxy groups -OCH3 is 1. The van der Waals surface area contributed by atoms with E-state index in [9.17, 15) is 19.5 Å². The number of ether oxygens (including phenoxy) is 2. The summed E-state index contributed by atoms with van der Waals surface area (Å²) in [4.78, 5) is 44.4. The Morgan fingerprint density at radius 1 is 1.05 bits per heavy atom. The Bertz CT molecular complexity index is 1690. The standard InChI is InChI=1S/C31H25FN2O6S/c1-17-7-6-8-19(15-17)16-40-21-13-11-20(12-14-21)26(35)24-25(22-9-4-5-10-23(22)32)34(29(37)27(24)36)31-33-18(2)28(41-31)30(38)39-3/h4-15,25,35H,16H2,1-3H3/b26-24+. The number of thiazole rings is 1. The Hall–Kier alpha value is -4.83. The summed E-state index contributed by atoms with van der Waals surface area (Å²) in [5.74, 6) is -3.31. The summed E-state index contributed by atoms with van der Waals surface area (Å²) in [6.45, 7) is 3.89. The predicted molar refractivity (Wildman–Crippen MR) is 151 cm³/mol. The quantitative estimate of drug-likeness (QED) is 0.127. The number of carbonyl (C=O) groups excluding carboxylic acids is 3. The topological polar surface area (TPSA) is 106 Å². The van der Waals surface area contributed by atoms with Gasteiger partial charge in [0.25, 0.3) is 5.78 Å². The van der Waals surface area contributed by atoms with Gasteiger partial charge in [-0.1, -0.05) is 59.4 Å². The van der Waals surface area contributed by atoms with Gasteiger partial charge in [0.1, 0.15) is 34.9 Å². The first-order chi connectivity index (χ1) is 19.7. The maximum absolute atomic E-state index is 15.1. The lowest BCUT2D eigenvalue weighted by Crippen LogP contribution is -2.29. The summed E-state index contributed by atoms with van der Waals surface area (Å²) in [6.07, 6.45) is 0. The van der Waals surface area contributed by atoms with Gasteiger partial charge >= 0.3 is 11.9 Å². The van der Waals surface area contributed by atoms with E-state index in [1.807, 2.05) is 31.2 Å². The van der Waals surface area contributed by atoms with Crippen molar-refractivity contribution in [3.8, 4) is 5.75 Å². The van der Waals surface area contributed by atoms with Crippen LogP contribution < -0.4 is 9.64 Å². The van der Waals surface area contributed by atoms with E-state index in [0.29, 0.717) is 12.4 Å². The number of ketones is 1. The number of hydrogen-bond acceptors (Lipinski definition) is 8. The summed E-state index contributed by atoms with van der Waals surface area (Å²) < 4.78 is 25.8. The van der Waals surface area contributed by atoms with Crippen molar-refractivity contribution in [2.45, 2.75) is 26.5 Å². The van der Waals surface area contributed by atoms with E-state index in [1.165, 1.54) is 25.3 Å². The van der Waals surface area contributed by atoms with Crippen molar-refractivity contribution in [1.29, 1.82) is 0 Å². The van der Waals surface area contributed by atoms with Crippen LogP contribution in [0.4, 0.5) is 9.52 Å². The zero-order chi connectivity index (χ0) is 29.3. The minimum Gasteiger partial charge on any atom is -0.507 e. The maximum atomic E-state index is 15.1. The Kier molecular flexibility index (Phi) is 7.67. The molecule has 1 aliphatic heterocycles. The molecule has 4 aromatic rings. The van der Waals surface area contributed by atoms with E-state index in [-0.39, 0.29) is 32.4 Å². The lowest BCUT2D eigenvalue weighted by molar-refractivity contribution is -0.132. The first-order valence-corrected chi connectivity index (χ1v) is 13.4. The lowest BCUT2D eigenvalue weighted by Gasteiger charge is -2.23. The van der Waals surface area contributed by atoms with Crippen molar-refractivity contribution < 1.29 is 33.4 Å². The van der Waals surface area contributed by atoms with Crippen LogP contribution >= 0.6 is 11.3 Å². The number of anilines is 1. The Balaban J connectivity index is 1.54. The molecule has 2 heterocycles. The number of aryl methyl sites for hydroxylation is 2. The maximum Gasteiger partial charge on any atom is 0.350 e. The molecule has 1 fully saturated rings. The molecule has 1 aliphatic rings. The second-order valence-electron chi connectivity index (χ2n) is 9.40. The van der Waals surface area contributed by atoms with Crippen LogP contribution in [0.3, 0.4) is 0 Å². The first kappa shape index (κ1) is 27.7. The summed E-state index contributed by atoms with van der Waals surface area (Å²) in [5.41, 5.74) is 2.31. The minimum atomic E-state index is -1.33. The summed E-state index contributed by atoms with van der Waals surface area (Å²) in [7, 11) is 1.21. The second kappa shape index (κ2) is 11.3. The van der Waals surface area contributed by atoms with Crippen LogP contribution in [0.25, 0.3) is 5.76 Å². The zero-order valence-electron chi connectivity index (χ0n) is 22.4. The number of aliphatic hydroxyl groups excluding tert-OH is 1. The molecule has 1 unspecified atom stereocenters. The van der Waals surface area contributed by atoms with Crippen molar-refractivity contribution in [2.75, 3.05) is 12.0 Å². The van der Waals surface area contributed by atoms with Crippen LogP contribution in [-0.4, -0.2) is 34.9 Å². The monoisotopic (exact) mass is 572 g/mol. The van der Waals surface area contributed by atoms with Crippen LogP contribution in [0.5, 0.6) is 5.75 Å². The molecule has 1 saturated heterocycles. The SMILES string of the molecule is COC(=O)c1sc(N2C(=O)C(=O)/C(=C(/O)c3ccc(OCc4cccc(C)c4)cc3)C2c2ccccc2F)nc1C. The van der Waals surface area contributed by atoms with Crippen LogP contribution in [-0.2, 0) is 20.9 Å². The molecule has 1 aromatic heterocycles. The highest BCUT2D eigenvalue weighted by Crippen LogP contribution is 2.44. The number of rotatable bonds is 7. The van der Waals surface area contributed by atoms with Gasteiger partial charge in [-0.15, -0.1) is 0 Å². The van der Waals surface area contributed by atoms with E-state index < -0.39 is 35.3 Å². The summed E-state index contributed by atoms with van der Waals surface area (Å²) in [5, 5.41) is 11.3. The number of halogens is 1. The third-order valence-corrected chi connectivity index (χ3v) is 7.76. The largest absolute Gasteiger partial charge is 0.507 e. The molecule has 208 valence electrons. The number of amides is 1. The molecule has 0 radical (unpaired) electrons. The number of hydrogen-bond donors (Lipinski definition) is 1. The van der Waals surface area contributed by atoms with Gasteiger partial charge in [-0.2, -0.15) is 0 Å². The van der Waals surface area contributed by atoms with Crippen molar-refractivity contribution >= 4 is 39.9 Å². The van der Waals surface area contributed by atoms with Crippen molar-refractivity contribution in [1.82, 2.24) is 4.98 Å². The van der Waals surface area contributed by atoms with Gasteiger partial charge in [-0.25, -0.2) is 14.2 Å². The molecule has 0 spiro atoms. The molecular weight excluding hydrogens is 547 g/mol. The Labute approximate surface area is 239 Å². The highest BCUT2D eigenvalue weighted by molar-refractivity contribution is 7.17. The number of benzene rings is 3. The molecule has 10 heteroatoms. The zero-order valence-corrected chi connectivity index (χ0v) is 23.2. The molecule has 0 saturated carbocycles. The van der Waals surface area contributed by atoms with Crippen molar-refractivity contribution in [3.63, 3.8) is 0 Å². The van der Waals surface area contributed by atoms with Crippen LogP contribution in [0.2, 0.25) is 0 Å². The highest BCUT2D eigenvalue weighted by atomic mass is 32.1. The Morgan fingerprint density at radius 2 is 1.78 bits per heavy atom. The van der Waals surface area contributed by atoms with Gasteiger partial charge in [0, 0.05) is 11.1 Å². The molecule has 5 rings (SSSR count). The summed E-state index contributed by atoms with van der Waals surface area (Å²) in [6, 6.07) is 18.6. The molecule has 8 nitrogen and oxygen atoms in total. The minimum absolute atomic E-state index is 0.00259. The van der Waals surface area contributed by atoms with Crippen LogP contribution in [0.15, 0.2) is 78.4 Å². The van der Waals surface area contributed by atoms with E-state index >= 15 is 4.39 Å². The molecule has 3 aromatic carbocycles. The smallest absolute Gasteiger partial charge is 0.350 e. The van der Waals surface area contributed by atoms with Gasteiger partial charge in [-0.05, 0) is 49.7 Å². The van der Waals surface area contributed by atoms with Crippen molar-refractivity contribution in [2.24, 2.45) is 0 Å². The fraction of sp³-hybridized carbons (Fsp3) is 0.161. The average Bonchev–Trinajstić information content (AvgIpc) is 3.47.